The van der Waals surface area contributed by atoms with Crippen molar-refractivity contribution >= 4 is 0 Å². The van der Waals surface area contributed by atoms with Crippen LogP contribution in [0, 0.1) is 5.92 Å². The van der Waals surface area contributed by atoms with Crippen molar-refractivity contribution in [3.05, 3.63) is 92.9 Å². The van der Waals surface area contributed by atoms with Gasteiger partial charge in [0.15, 0.2) is 0 Å². The van der Waals surface area contributed by atoms with E-state index in [0.29, 0.717) is 11.8 Å². The molecule has 0 saturated carbocycles. The Kier molecular flexibility index (Phi) is 11.0. The van der Waals surface area contributed by atoms with Gasteiger partial charge in [0.2, 0.25) is 0 Å². The molecule has 0 bridgehead atoms. The Balaban J connectivity index is 0.00000192. The van der Waals surface area contributed by atoms with Gasteiger partial charge in [-0.25, -0.2) is 0 Å². The first-order chi connectivity index (χ1) is 10.7. The first-order valence-electron chi connectivity index (χ1n) is 7.93. The van der Waals surface area contributed by atoms with Crippen LogP contribution in [0.25, 0.3) is 0 Å². The zero-order chi connectivity index (χ0) is 15.5. The van der Waals surface area contributed by atoms with Gasteiger partial charge in [0.1, 0.15) is 0 Å². The molecule has 0 aliphatic heterocycles. The summed E-state index contributed by atoms with van der Waals surface area (Å²) in [4.78, 5) is 0. The second-order valence-electron chi connectivity index (χ2n) is 6.16. The predicted octanol–water partition coefficient (Wildman–Crippen LogP) is -3.38. The van der Waals surface area contributed by atoms with Crippen molar-refractivity contribution in [2.75, 3.05) is 0 Å². The third-order valence-electron chi connectivity index (χ3n) is 4.32. The molecule has 0 fully saturated rings. The molecule has 1 aliphatic carbocycles. The van der Waals surface area contributed by atoms with Crippen LogP contribution in [-0.4, -0.2) is 0 Å². The molecular formula is C21H21Cl3Ti. The Morgan fingerprint density at radius 1 is 0.760 bits per heavy atom. The molecule has 0 unspecified atom stereocenters. The average molecular weight is 428 g/mol. The standard InChI is InChI=1S/C21H21.3ClH.Ti/c1-16(2)19-14-9-15-20(19)21(17-10-5-3-6-11-17)18-12-7-4-8-13-18;;;;/h3-8,10-13,15-16,21H,9H2,1-2H3;3*1H;/q;;;;+3/p-3. The maximum absolute atomic E-state index is 2.44. The summed E-state index contributed by atoms with van der Waals surface area (Å²) in [5.74, 6) is 0.918. The first kappa shape index (κ1) is 24.5. The Hall–Kier alpha value is -0.496. The summed E-state index contributed by atoms with van der Waals surface area (Å²) in [6, 6.07) is 21.8. The minimum Gasteiger partial charge on any atom is -1.00 e. The van der Waals surface area contributed by atoms with Gasteiger partial charge in [0, 0.05) is 0 Å². The summed E-state index contributed by atoms with van der Waals surface area (Å²) in [6.07, 6.45) is 3.54. The van der Waals surface area contributed by atoms with Gasteiger partial charge < -0.3 is 37.2 Å². The summed E-state index contributed by atoms with van der Waals surface area (Å²) in [5, 5.41) is 0. The summed E-state index contributed by atoms with van der Waals surface area (Å²) < 4.78 is 1.53. The maximum atomic E-state index is 2.44. The first-order valence-corrected chi connectivity index (χ1v) is 8.71. The molecule has 0 radical (unpaired) electrons. The van der Waals surface area contributed by atoms with Gasteiger partial charge >= 0.3 is 145 Å². The molecule has 0 atom stereocenters. The molecule has 0 aromatic heterocycles. The minimum atomic E-state index is 0. The van der Waals surface area contributed by atoms with Crippen molar-refractivity contribution in [1.82, 2.24) is 0 Å². The molecule has 130 valence electrons. The number of rotatable bonds is 4. The van der Waals surface area contributed by atoms with Crippen molar-refractivity contribution in [1.29, 1.82) is 0 Å². The van der Waals surface area contributed by atoms with E-state index in [4.69, 9.17) is 0 Å². The fourth-order valence-corrected chi connectivity index (χ4v) is 4.24. The fourth-order valence-electron chi connectivity index (χ4n) is 3.40. The van der Waals surface area contributed by atoms with E-state index >= 15 is 0 Å². The molecule has 25 heavy (non-hydrogen) atoms. The molecule has 0 spiro atoms. The van der Waals surface area contributed by atoms with Crippen LogP contribution < -0.4 is 37.2 Å². The van der Waals surface area contributed by atoms with E-state index in [1.807, 2.05) is 0 Å². The molecule has 1 aliphatic rings. The summed E-state index contributed by atoms with van der Waals surface area (Å²) in [6.45, 7) is 4.62. The number of allylic oxidation sites excluding steroid dienone is 4. The maximum Gasteiger partial charge on any atom is -1.00 e. The number of benzene rings is 2. The SMILES string of the molecule is CC(C)C1=[C]([Ti+3])CC=C1C(c1ccccc1)c1ccccc1.[Cl-].[Cl-].[Cl-]. The molecule has 4 heteroatoms. The van der Waals surface area contributed by atoms with Crippen LogP contribution in [0.3, 0.4) is 0 Å². The van der Waals surface area contributed by atoms with Crippen molar-refractivity contribution in [2.45, 2.75) is 26.2 Å². The largest absolute Gasteiger partial charge is 1.00 e. The number of hydrogen-bond donors (Lipinski definition) is 0. The zero-order valence-corrected chi connectivity index (χ0v) is 18.2. The second kappa shape index (κ2) is 11.3. The summed E-state index contributed by atoms with van der Waals surface area (Å²) in [7, 11) is 0. The smallest absolute Gasteiger partial charge is 1.00 e. The van der Waals surface area contributed by atoms with Crippen molar-refractivity contribution in [2.24, 2.45) is 5.92 Å². The Labute approximate surface area is 181 Å². The van der Waals surface area contributed by atoms with Crippen molar-refractivity contribution in [3.63, 3.8) is 0 Å². The van der Waals surface area contributed by atoms with E-state index in [1.165, 1.54) is 20.6 Å². The van der Waals surface area contributed by atoms with Gasteiger partial charge in [-0.15, -0.1) is 0 Å². The molecule has 2 aromatic carbocycles. The summed E-state index contributed by atoms with van der Waals surface area (Å²) >= 11 is 2.28. The van der Waals surface area contributed by atoms with Crippen LogP contribution in [0.2, 0.25) is 0 Å². The normalized spacial score (nSPS) is 13.1. The molecule has 0 saturated heterocycles. The topological polar surface area (TPSA) is 0 Å². The van der Waals surface area contributed by atoms with E-state index in [0.717, 1.165) is 6.42 Å². The molecule has 0 amide bonds. The van der Waals surface area contributed by atoms with Crippen molar-refractivity contribution < 1.29 is 57.7 Å². The molecule has 0 N–H and O–H groups in total. The second-order valence-corrected chi connectivity index (χ2v) is 7.11. The molecule has 0 heterocycles. The summed E-state index contributed by atoms with van der Waals surface area (Å²) in [5.41, 5.74) is 5.82. The fraction of sp³-hybridized carbons (Fsp3) is 0.238. The van der Waals surface area contributed by atoms with Gasteiger partial charge in [-0.2, -0.15) is 0 Å². The quantitative estimate of drug-likeness (QED) is 0.447. The van der Waals surface area contributed by atoms with Gasteiger partial charge in [-0.1, -0.05) is 0 Å². The number of hydrogen-bond acceptors (Lipinski definition) is 0. The Morgan fingerprint density at radius 2 is 1.20 bits per heavy atom. The third-order valence-corrected chi connectivity index (χ3v) is 5.06. The third kappa shape index (κ3) is 5.49. The minimum absolute atomic E-state index is 0. The Bertz CT molecular complexity index is 667. The van der Waals surface area contributed by atoms with E-state index in [1.54, 1.807) is 5.57 Å². The van der Waals surface area contributed by atoms with E-state index in [2.05, 4.69) is 101 Å². The Morgan fingerprint density at radius 3 is 1.60 bits per heavy atom. The van der Waals surface area contributed by atoms with Gasteiger partial charge in [0.25, 0.3) is 0 Å². The monoisotopic (exact) mass is 426 g/mol. The van der Waals surface area contributed by atoms with Crippen LogP contribution >= 0.6 is 0 Å². The molecule has 2 aromatic rings. The molecule has 3 rings (SSSR count). The van der Waals surface area contributed by atoms with E-state index < -0.39 is 0 Å². The van der Waals surface area contributed by atoms with Gasteiger partial charge in [-0.3, -0.25) is 0 Å². The van der Waals surface area contributed by atoms with Crippen LogP contribution in [-0.2, 0) is 20.4 Å². The molecule has 0 nitrogen and oxygen atoms in total. The molecular weight excluding hydrogens is 406 g/mol. The van der Waals surface area contributed by atoms with Crippen LogP contribution in [0.1, 0.15) is 37.3 Å². The van der Waals surface area contributed by atoms with Gasteiger partial charge in [0.05, 0.1) is 0 Å². The van der Waals surface area contributed by atoms with Crippen LogP contribution in [0.4, 0.5) is 0 Å². The predicted molar refractivity (Wildman–Crippen MR) is 89.3 cm³/mol. The number of halogens is 3. The zero-order valence-electron chi connectivity index (χ0n) is 14.3. The van der Waals surface area contributed by atoms with E-state index in [9.17, 15) is 0 Å². The van der Waals surface area contributed by atoms with E-state index in [-0.39, 0.29) is 37.2 Å². The van der Waals surface area contributed by atoms with Crippen LogP contribution in [0.5, 0.6) is 0 Å². The van der Waals surface area contributed by atoms with Crippen LogP contribution in [0.15, 0.2) is 81.8 Å². The van der Waals surface area contributed by atoms with Gasteiger partial charge in [-0.05, 0) is 0 Å². The average Bonchev–Trinajstić information content (AvgIpc) is 2.91. The van der Waals surface area contributed by atoms with Crippen molar-refractivity contribution in [3.8, 4) is 0 Å².